The van der Waals surface area contributed by atoms with Gasteiger partial charge in [-0.3, -0.25) is 9.36 Å². The summed E-state index contributed by atoms with van der Waals surface area (Å²) >= 11 is 1.54. The molecule has 0 unspecified atom stereocenters. The molecule has 98 valence electrons. The molecular formula is C12H12N4O2S. The first-order valence-corrected chi connectivity index (χ1v) is 6.62. The van der Waals surface area contributed by atoms with E-state index in [0.29, 0.717) is 17.2 Å². The van der Waals surface area contributed by atoms with Crippen molar-refractivity contribution in [1.82, 2.24) is 19.7 Å². The Morgan fingerprint density at radius 1 is 1.32 bits per heavy atom. The lowest BCUT2D eigenvalue weighted by atomic mass is 10.2. The SMILES string of the molecule is Cc1nnc(Cn2cnc3sc(C)c(C)c3c2=O)o1. The smallest absolute Gasteiger partial charge is 0.262 e. The molecule has 0 saturated carbocycles. The molecule has 0 spiro atoms. The maximum atomic E-state index is 12.4. The summed E-state index contributed by atoms with van der Waals surface area (Å²) in [5.74, 6) is 0.894. The number of fused-ring (bicyclic) bond motifs is 1. The summed E-state index contributed by atoms with van der Waals surface area (Å²) in [7, 11) is 0. The summed E-state index contributed by atoms with van der Waals surface area (Å²) in [6, 6.07) is 0. The fourth-order valence-electron chi connectivity index (χ4n) is 1.93. The monoisotopic (exact) mass is 276 g/mol. The molecule has 3 heterocycles. The Morgan fingerprint density at radius 3 is 2.79 bits per heavy atom. The van der Waals surface area contributed by atoms with Gasteiger partial charge in [0.25, 0.3) is 5.56 Å². The second kappa shape index (κ2) is 4.27. The first kappa shape index (κ1) is 12.0. The molecule has 3 aromatic heterocycles. The average molecular weight is 276 g/mol. The van der Waals surface area contributed by atoms with E-state index >= 15 is 0 Å². The molecule has 6 nitrogen and oxygen atoms in total. The topological polar surface area (TPSA) is 73.8 Å². The van der Waals surface area contributed by atoms with E-state index in [4.69, 9.17) is 4.42 Å². The van der Waals surface area contributed by atoms with Gasteiger partial charge in [0.1, 0.15) is 11.4 Å². The van der Waals surface area contributed by atoms with Crippen molar-refractivity contribution >= 4 is 21.6 Å². The lowest BCUT2D eigenvalue weighted by Crippen LogP contribution is -2.21. The van der Waals surface area contributed by atoms with Gasteiger partial charge in [-0.2, -0.15) is 0 Å². The van der Waals surface area contributed by atoms with E-state index in [9.17, 15) is 4.79 Å². The standard InChI is InChI=1S/C12H12N4O2S/c1-6-7(2)19-11-10(6)12(17)16(5-13-11)4-9-15-14-8(3)18-9/h5H,4H2,1-3H3. The fraction of sp³-hybridized carbons (Fsp3) is 0.333. The Hall–Kier alpha value is -2.02. The van der Waals surface area contributed by atoms with Crippen LogP contribution in [-0.2, 0) is 6.54 Å². The van der Waals surface area contributed by atoms with E-state index in [1.165, 1.54) is 22.2 Å². The van der Waals surface area contributed by atoms with E-state index in [0.717, 1.165) is 15.3 Å². The summed E-state index contributed by atoms with van der Waals surface area (Å²) in [4.78, 5) is 18.6. The summed E-state index contributed by atoms with van der Waals surface area (Å²) in [6.07, 6.45) is 1.53. The van der Waals surface area contributed by atoms with Crippen LogP contribution < -0.4 is 5.56 Å². The Balaban J connectivity index is 2.12. The zero-order valence-electron chi connectivity index (χ0n) is 10.8. The van der Waals surface area contributed by atoms with Crippen LogP contribution in [0.3, 0.4) is 0 Å². The Morgan fingerprint density at radius 2 is 2.11 bits per heavy atom. The van der Waals surface area contributed by atoms with Crippen LogP contribution in [0.5, 0.6) is 0 Å². The highest BCUT2D eigenvalue weighted by Crippen LogP contribution is 2.25. The highest BCUT2D eigenvalue weighted by Gasteiger charge is 2.13. The molecule has 0 aliphatic heterocycles. The second-order valence-electron chi connectivity index (χ2n) is 4.36. The molecule has 19 heavy (non-hydrogen) atoms. The van der Waals surface area contributed by atoms with Crippen LogP contribution in [0, 0.1) is 20.8 Å². The number of thiophene rings is 1. The third-order valence-electron chi connectivity index (χ3n) is 3.03. The zero-order valence-corrected chi connectivity index (χ0v) is 11.6. The Labute approximate surface area is 112 Å². The van der Waals surface area contributed by atoms with E-state index in [1.807, 2.05) is 13.8 Å². The summed E-state index contributed by atoms with van der Waals surface area (Å²) in [5.41, 5.74) is 0.927. The maximum Gasteiger partial charge on any atom is 0.262 e. The largest absolute Gasteiger partial charge is 0.424 e. The van der Waals surface area contributed by atoms with E-state index < -0.39 is 0 Å². The number of aromatic nitrogens is 4. The van der Waals surface area contributed by atoms with Crippen molar-refractivity contribution in [1.29, 1.82) is 0 Å². The highest BCUT2D eigenvalue weighted by molar-refractivity contribution is 7.18. The van der Waals surface area contributed by atoms with Crippen LogP contribution in [0.15, 0.2) is 15.5 Å². The highest BCUT2D eigenvalue weighted by atomic mass is 32.1. The maximum absolute atomic E-state index is 12.4. The Kier molecular flexibility index (Phi) is 2.70. The van der Waals surface area contributed by atoms with Gasteiger partial charge in [0.05, 0.1) is 11.7 Å². The first-order chi connectivity index (χ1) is 9.06. The van der Waals surface area contributed by atoms with Gasteiger partial charge in [-0.15, -0.1) is 21.5 Å². The van der Waals surface area contributed by atoms with Gasteiger partial charge in [-0.1, -0.05) is 0 Å². The van der Waals surface area contributed by atoms with Crippen LogP contribution in [0.4, 0.5) is 0 Å². The average Bonchev–Trinajstić information content (AvgIpc) is 2.89. The van der Waals surface area contributed by atoms with Gasteiger partial charge in [0.15, 0.2) is 0 Å². The zero-order chi connectivity index (χ0) is 13.6. The predicted molar refractivity (Wildman–Crippen MR) is 71.5 cm³/mol. The molecule has 0 saturated heterocycles. The quantitative estimate of drug-likeness (QED) is 0.713. The van der Waals surface area contributed by atoms with Crippen molar-refractivity contribution in [2.45, 2.75) is 27.3 Å². The third kappa shape index (κ3) is 1.95. The van der Waals surface area contributed by atoms with E-state index in [-0.39, 0.29) is 12.1 Å². The number of nitrogens with zero attached hydrogens (tertiary/aromatic N) is 4. The summed E-state index contributed by atoms with van der Waals surface area (Å²) < 4.78 is 6.78. The molecule has 0 aromatic carbocycles. The molecule has 3 aromatic rings. The van der Waals surface area contributed by atoms with Crippen molar-refractivity contribution < 1.29 is 4.42 Å². The van der Waals surface area contributed by atoms with Crippen LogP contribution in [0.1, 0.15) is 22.2 Å². The molecule has 0 bridgehead atoms. The minimum atomic E-state index is -0.0669. The van der Waals surface area contributed by atoms with Crippen molar-refractivity contribution in [3.63, 3.8) is 0 Å². The third-order valence-corrected chi connectivity index (χ3v) is 4.14. The van der Waals surface area contributed by atoms with Gasteiger partial charge in [-0.05, 0) is 19.4 Å². The molecule has 7 heteroatoms. The number of rotatable bonds is 2. The van der Waals surface area contributed by atoms with Crippen molar-refractivity contribution in [2.75, 3.05) is 0 Å². The van der Waals surface area contributed by atoms with Crippen LogP contribution in [0.2, 0.25) is 0 Å². The minimum absolute atomic E-state index is 0.0669. The predicted octanol–water partition coefficient (Wildman–Crippen LogP) is 1.81. The van der Waals surface area contributed by atoms with Gasteiger partial charge in [-0.25, -0.2) is 4.98 Å². The van der Waals surface area contributed by atoms with Crippen LogP contribution in [0.25, 0.3) is 10.2 Å². The van der Waals surface area contributed by atoms with Crippen molar-refractivity contribution in [3.8, 4) is 0 Å². The van der Waals surface area contributed by atoms with Gasteiger partial charge >= 0.3 is 0 Å². The summed E-state index contributed by atoms with van der Waals surface area (Å²) in [5, 5.41) is 8.32. The molecule has 0 atom stereocenters. The van der Waals surface area contributed by atoms with Gasteiger partial charge in [0, 0.05) is 11.8 Å². The molecule has 0 fully saturated rings. The molecule has 0 aliphatic rings. The van der Waals surface area contributed by atoms with Crippen molar-refractivity contribution in [3.05, 3.63) is 38.9 Å². The molecule has 3 rings (SSSR count). The molecule has 0 radical (unpaired) electrons. The Bertz CT molecular complexity index is 815. The lowest BCUT2D eigenvalue weighted by Gasteiger charge is -2.01. The van der Waals surface area contributed by atoms with Crippen LogP contribution >= 0.6 is 11.3 Å². The first-order valence-electron chi connectivity index (χ1n) is 5.80. The molecule has 0 amide bonds. The van der Waals surface area contributed by atoms with E-state index in [1.54, 1.807) is 6.92 Å². The van der Waals surface area contributed by atoms with Gasteiger partial charge < -0.3 is 4.42 Å². The number of hydrogen-bond donors (Lipinski definition) is 0. The van der Waals surface area contributed by atoms with Crippen LogP contribution in [-0.4, -0.2) is 19.7 Å². The number of hydrogen-bond acceptors (Lipinski definition) is 6. The minimum Gasteiger partial charge on any atom is -0.424 e. The number of aryl methyl sites for hydroxylation is 3. The normalized spacial score (nSPS) is 11.3. The fourth-order valence-corrected chi connectivity index (χ4v) is 2.92. The lowest BCUT2D eigenvalue weighted by molar-refractivity contribution is 0.451. The van der Waals surface area contributed by atoms with E-state index in [2.05, 4.69) is 15.2 Å². The summed E-state index contributed by atoms with van der Waals surface area (Å²) in [6.45, 7) is 5.90. The molecule has 0 aliphatic carbocycles. The van der Waals surface area contributed by atoms with Crippen molar-refractivity contribution in [2.24, 2.45) is 0 Å². The van der Waals surface area contributed by atoms with Gasteiger partial charge in [0.2, 0.25) is 11.8 Å². The molecular weight excluding hydrogens is 264 g/mol. The molecule has 0 N–H and O–H groups in total. The second-order valence-corrected chi connectivity index (χ2v) is 5.56.